The van der Waals surface area contributed by atoms with E-state index in [9.17, 15) is 9.50 Å². The fourth-order valence-corrected chi connectivity index (χ4v) is 2.49. The first-order chi connectivity index (χ1) is 10.1. The second-order valence-electron chi connectivity index (χ2n) is 4.76. The van der Waals surface area contributed by atoms with Crippen LogP contribution in [-0.4, -0.2) is 18.2 Å². The van der Waals surface area contributed by atoms with Crippen LogP contribution in [0.4, 0.5) is 4.39 Å². The molecule has 1 unspecified atom stereocenters. The Bertz CT molecular complexity index is 589. The largest absolute Gasteiger partial charge is 0.387 e. The Morgan fingerprint density at radius 1 is 1.10 bits per heavy atom. The SMILES string of the molecule is OC(CNCCc1ccc(Cl)cc1Cl)c1ccc(F)cc1. The molecule has 1 atom stereocenters. The highest BCUT2D eigenvalue weighted by Gasteiger charge is 2.07. The van der Waals surface area contributed by atoms with E-state index in [-0.39, 0.29) is 5.82 Å². The summed E-state index contributed by atoms with van der Waals surface area (Å²) in [5.41, 5.74) is 1.69. The number of aliphatic hydroxyl groups excluding tert-OH is 1. The van der Waals surface area contributed by atoms with E-state index in [0.717, 1.165) is 12.0 Å². The first-order valence-electron chi connectivity index (χ1n) is 6.64. The van der Waals surface area contributed by atoms with Crippen molar-refractivity contribution in [3.8, 4) is 0 Å². The summed E-state index contributed by atoms with van der Waals surface area (Å²) in [5, 5.41) is 14.4. The minimum Gasteiger partial charge on any atom is -0.387 e. The third-order valence-corrected chi connectivity index (χ3v) is 3.77. The van der Waals surface area contributed by atoms with Gasteiger partial charge in [-0.05, 0) is 48.4 Å². The molecule has 2 nitrogen and oxygen atoms in total. The summed E-state index contributed by atoms with van der Waals surface area (Å²) in [5.74, 6) is -0.309. The van der Waals surface area contributed by atoms with Crippen LogP contribution in [0.2, 0.25) is 10.0 Å². The molecule has 0 aliphatic carbocycles. The van der Waals surface area contributed by atoms with Crippen molar-refractivity contribution in [2.24, 2.45) is 0 Å². The molecule has 0 heterocycles. The van der Waals surface area contributed by atoms with E-state index in [1.54, 1.807) is 24.3 Å². The molecule has 0 aliphatic rings. The maximum Gasteiger partial charge on any atom is 0.123 e. The van der Waals surface area contributed by atoms with Crippen molar-refractivity contribution in [1.82, 2.24) is 5.32 Å². The number of nitrogens with one attached hydrogen (secondary N) is 1. The number of benzene rings is 2. The van der Waals surface area contributed by atoms with Gasteiger partial charge >= 0.3 is 0 Å². The quantitative estimate of drug-likeness (QED) is 0.786. The molecule has 0 radical (unpaired) electrons. The Kier molecular flexibility index (Phi) is 6.00. The van der Waals surface area contributed by atoms with Crippen LogP contribution in [0, 0.1) is 5.82 Å². The minimum absolute atomic E-state index is 0.309. The maximum atomic E-state index is 12.8. The average Bonchev–Trinajstić information content (AvgIpc) is 2.46. The predicted molar refractivity (Wildman–Crippen MR) is 84.4 cm³/mol. The van der Waals surface area contributed by atoms with E-state index in [1.165, 1.54) is 12.1 Å². The highest BCUT2D eigenvalue weighted by Crippen LogP contribution is 2.21. The van der Waals surface area contributed by atoms with E-state index in [1.807, 2.05) is 6.07 Å². The standard InChI is InChI=1S/C16H16Cl2FNO/c17-13-4-1-11(15(18)9-13)7-8-20-10-16(21)12-2-5-14(19)6-3-12/h1-6,9,16,20-21H,7-8,10H2. The van der Waals surface area contributed by atoms with Crippen LogP contribution in [0.25, 0.3) is 0 Å². The van der Waals surface area contributed by atoms with Crippen LogP contribution < -0.4 is 5.32 Å². The molecule has 5 heteroatoms. The van der Waals surface area contributed by atoms with Crippen molar-refractivity contribution in [3.05, 3.63) is 69.5 Å². The molecule has 2 N–H and O–H groups in total. The van der Waals surface area contributed by atoms with Crippen LogP contribution in [0.15, 0.2) is 42.5 Å². The van der Waals surface area contributed by atoms with E-state index in [2.05, 4.69) is 5.32 Å². The Morgan fingerprint density at radius 3 is 2.48 bits per heavy atom. The third-order valence-electron chi connectivity index (χ3n) is 3.18. The highest BCUT2D eigenvalue weighted by molar-refractivity contribution is 6.35. The van der Waals surface area contributed by atoms with E-state index < -0.39 is 6.10 Å². The van der Waals surface area contributed by atoms with Crippen molar-refractivity contribution >= 4 is 23.2 Å². The molecule has 0 saturated carbocycles. The van der Waals surface area contributed by atoms with E-state index in [4.69, 9.17) is 23.2 Å². The number of rotatable bonds is 6. The lowest BCUT2D eigenvalue weighted by Crippen LogP contribution is -2.23. The van der Waals surface area contributed by atoms with Gasteiger partial charge in [-0.25, -0.2) is 4.39 Å². The highest BCUT2D eigenvalue weighted by atomic mass is 35.5. The van der Waals surface area contributed by atoms with Crippen LogP contribution in [-0.2, 0) is 6.42 Å². The Balaban J connectivity index is 1.77. The summed E-state index contributed by atoms with van der Waals surface area (Å²) in [4.78, 5) is 0. The van der Waals surface area contributed by atoms with Gasteiger partial charge in [0.25, 0.3) is 0 Å². The van der Waals surface area contributed by atoms with Gasteiger partial charge in [0, 0.05) is 16.6 Å². The molecule has 0 saturated heterocycles. The summed E-state index contributed by atoms with van der Waals surface area (Å²) in [6, 6.07) is 11.2. The summed E-state index contributed by atoms with van der Waals surface area (Å²) < 4.78 is 12.8. The topological polar surface area (TPSA) is 32.3 Å². The van der Waals surface area contributed by atoms with Gasteiger partial charge in [-0.15, -0.1) is 0 Å². The molecule has 2 rings (SSSR count). The summed E-state index contributed by atoms with van der Waals surface area (Å²) in [6.45, 7) is 1.08. The van der Waals surface area contributed by atoms with Gasteiger partial charge in [-0.3, -0.25) is 0 Å². The van der Waals surface area contributed by atoms with Crippen LogP contribution >= 0.6 is 23.2 Å². The summed E-state index contributed by atoms with van der Waals surface area (Å²) in [6.07, 6.45) is 0.0814. The minimum atomic E-state index is -0.661. The smallest absolute Gasteiger partial charge is 0.123 e. The Morgan fingerprint density at radius 2 is 1.81 bits per heavy atom. The van der Waals surface area contributed by atoms with Gasteiger partial charge in [0.15, 0.2) is 0 Å². The lowest BCUT2D eigenvalue weighted by Gasteiger charge is -2.12. The zero-order valence-corrected chi connectivity index (χ0v) is 12.8. The number of halogens is 3. The molecule has 0 aliphatic heterocycles. The second kappa shape index (κ2) is 7.76. The molecule has 112 valence electrons. The summed E-state index contributed by atoms with van der Waals surface area (Å²) in [7, 11) is 0. The third kappa shape index (κ3) is 4.97. The zero-order chi connectivity index (χ0) is 15.2. The lowest BCUT2D eigenvalue weighted by atomic mass is 10.1. The maximum absolute atomic E-state index is 12.8. The van der Waals surface area contributed by atoms with Crippen LogP contribution in [0.1, 0.15) is 17.2 Å². The number of hydrogen-bond donors (Lipinski definition) is 2. The number of aliphatic hydroxyl groups is 1. The van der Waals surface area contributed by atoms with Crippen molar-refractivity contribution in [2.75, 3.05) is 13.1 Å². The Hall–Kier alpha value is -1.13. The van der Waals surface area contributed by atoms with Crippen molar-refractivity contribution in [1.29, 1.82) is 0 Å². The van der Waals surface area contributed by atoms with Gasteiger partial charge < -0.3 is 10.4 Å². The molecule has 2 aromatic rings. The van der Waals surface area contributed by atoms with Crippen molar-refractivity contribution < 1.29 is 9.50 Å². The fraction of sp³-hybridized carbons (Fsp3) is 0.250. The normalized spacial score (nSPS) is 12.4. The average molecular weight is 328 g/mol. The first kappa shape index (κ1) is 16.2. The zero-order valence-electron chi connectivity index (χ0n) is 11.3. The Labute approximate surface area is 133 Å². The van der Waals surface area contributed by atoms with Crippen molar-refractivity contribution in [2.45, 2.75) is 12.5 Å². The van der Waals surface area contributed by atoms with Crippen molar-refractivity contribution in [3.63, 3.8) is 0 Å². The van der Waals surface area contributed by atoms with Crippen LogP contribution in [0.5, 0.6) is 0 Å². The van der Waals surface area contributed by atoms with Crippen LogP contribution in [0.3, 0.4) is 0 Å². The molecule has 0 aromatic heterocycles. The lowest BCUT2D eigenvalue weighted by molar-refractivity contribution is 0.175. The molecule has 0 bridgehead atoms. The first-order valence-corrected chi connectivity index (χ1v) is 7.40. The molecular formula is C16H16Cl2FNO. The fourth-order valence-electron chi connectivity index (χ4n) is 1.99. The van der Waals surface area contributed by atoms with Gasteiger partial charge in [-0.1, -0.05) is 41.4 Å². The van der Waals surface area contributed by atoms with Gasteiger partial charge in [0.1, 0.15) is 5.82 Å². The molecule has 0 fully saturated rings. The predicted octanol–water partition coefficient (Wildman–Crippen LogP) is 4.00. The molecule has 0 spiro atoms. The molecular weight excluding hydrogens is 312 g/mol. The van der Waals surface area contributed by atoms with Gasteiger partial charge in [0.05, 0.1) is 6.10 Å². The molecule has 0 amide bonds. The summed E-state index contributed by atoms with van der Waals surface area (Å²) >= 11 is 11.9. The molecule has 2 aromatic carbocycles. The van der Waals surface area contributed by atoms with E-state index >= 15 is 0 Å². The number of hydrogen-bond acceptors (Lipinski definition) is 2. The molecule has 21 heavy (non-hydrogen) atoms. The second-order valence-corrected chi connectivity index (χ2v) is 5.60. The van der Waals surface area contributed by atoms with Gasteiger partial charge in [0.2, 0.25) is 0 Å². The monoisotopic (exact) mass is 327 g/mol. The van der Waals surface area contributed by atoms with E-state index in [0.29, 0.717) is 28.7 Å². The van der Waals surface area contributed by atoms with Gasteiger partial charge in [-0.2, -0.15) is 0 Å².